The summed E-state index contributed by atoms with van der Waals surface area (Å²) in [5.41, 5.74) is 0. The van der Waals surface area contributed by atoms with Crippen molar-refractivity contribution >= 4 is 25.0 Å². The monoisotopic (exact) mass is 486 g/mol. The molecule has 0 heterocycles. The SMILES string of the molecule is C#C[C@@H](C[C@@H](O[Si](C)(C)C(C)(C)C)[C@@H](C)O[Si](C)(C)C(C)(C)C)O[Si](C)(C)C(C)(C)C. The van der Waals surface area contributed by atoms with Crippen molar-refractivity contribution in [3.05, 3.63) is 0 Å². The molecule has 0 aliphatic carbocycles. The zero-order valence-electron chi connectivity index (χ0n) is 23.7. The predicted octanol–water partition coefficient (Wildman–Crippen LogP) is 8.20. The molecule has 0 rings (SSSR count). The van der Waals surface area contributed by atoms with E-state index in [2.05, 4.69) is 114 Å². The summed E-state index contributed by atoms with van der Waals surface area (Å²) in [5, 5.41) is 0.376. The Morgan fingerprint density at radius 1 is 0.645 bits per heavy atom. The first-order valence-electron chi connectivity index (χ1n) is 11.9. The molecule has 0 aromatic carbocycles. The molecular formula is C25H54O3Si3. The van der Waals surface area contributed by atoms with Gasteiger partial charge in [0.15, 0.2) is 25.0 Å². The second-order valence-electron chi connectivity index (χ2n) is 13.8. The molecule has 0 saturated heterocycles. The van der Waals surface area contributed by atoms with Gasteiger partial charge in [0.2, 0.25) is 0 Å². The zero-order valence-corrected chi connectivity index (χ0v) is 26.7. The summed E-state index contributed by atoms with van der Waals surface area (Å²) in [6.07, 6.45) is 6.28. The van der Waals surface area contributed by atoms with Crippen LogP contribution >= 0.6 is 0 Å². The van der Waals surface area contributed by atoms with Crippen molar-refractivity contribution < 1.29 is 13.3 Å². The predicted molar refractivity (Wildman–Crippen MR) is 145 cm³/mol. The maximum absolute atomic E-state index is 6.93. The van der Waals surface area contributed by atoms with Gasteiger partial charge in [-0.3, -0.25) is 0 Å². The first-order chi connectivity index (χ1) is 13.4. The summed E-state index contributed by atoms with van der Waals surface area (Å²) >= 11 is 0. The molecule has 184 valence electrons. The maximum atomic E-state index is 6.93. The van der Waals surface area contributed by atoms with E-state index in [0.29, 0.717) is 6.42 Å². The molecule has 3 atom stereocenters. The Labute approximate surface area is 198 Å². The molecule has 0 fully saturated rings. The molecule has 0 bridgehead atoms. The first-order valence-corrected chi connectivity index (χ1v) is 20.6. The van der Waals surface area contributed by atoms with Crippen LogP contribution in [-0.2, 0) is 13.3 Å². The van der Waals surface area contributed by atoms with Crippen LogP contribution in [0.1, 0.15) is 75.7 Å². The van der Waals surface area contributed by atoms with E-state index < -0.39 is 25.0 Å². The van der Waals surface area contributed by atoms with Crippen LogP contribution in [0.3, 0.4) is 0 Å². The minimum Gasteiger partial charge on any atom is -0.412 e. The average molecular weight is 487 g/mol. The third-order valence-electron chi connectivity index (χ3n) is 7.94. The molecule has 0 spiro atoms. The summed E-state index contributed by atoms with van der Waals surface area (Å²) in [6.45, 7) is 36.3. The van der Waals surface area contributed by atoms with Gasteiger partial charge < -0.3 is 13.3 Å². The largest absolute Gasteiger partial charge is 0.412 e. The van der Waals surface area contributed by atoms with E-state index in [0.717, 1.165) is 0 Å². The van der Waals surface area contributed by atoms with Crippen LogP contribution in [0.15, 0.2) is 0 Å². The number of terminal acetylenes is 1. The third kappa shape index (κ3) is 8.75. The molecule has 0 aliphatic heterocycles. The molecule has 0 N–H and O–H groups in total. The Morgan fingerprint density at radius 3 is 1.29 bits per heavy atom. The van der Waals surface area contributed by atoms with Gasteiger partial charge in [-0.2, -0.15) is 0 Å². The summed E-state index contributed by atoms with van der Waals surface area (Å²) in [7, 11) is -5.92. The molecule has 0 amide bonds. The molecule has 0 aliphatic rings. The van der Waals surface area contributed by atoms with Gasteiger partial charge in [-0.05, 0) is 61.3 Å². The fraction of sp³-hybridized carbons (Fsp3) is 0.920. The van der Waals surface area contributed by atoms with Gasteiger partial charge >= 0.3 is 0 Å². The molecular weight excluding hydrogens is 433 g/mol. The third-order valence-corrected chi connectivity index (χ3v) is 21.5. The van der Waals surface area contributed by atoms with E-state index in [1.807, 2.05) is 0 Å². The van der Waals surface area contributed by atoms with E-state index in [-0.39, 0.29) is 33.4 Å². The first kappa shape index (κ1) is 31.1. The standard InChI is InChI=1S/C25H54O3Si3/c1-18-21(27-30(14,15)24(6,7)8)19-22(28-31(16,17)25(9,10)11)20(2)26-29(12,13)23(3,4)5/h1,20-22H,19H2,2-17H3/t20-,21+,22-/m1/s1. The van der Waals surface area contributed by atoms with Crippen LogP contribution in [-0.4, -0.2) is 43.3 Å². The molecule has 0 saturated carbocycles. The van der Waals surface area contributed by atoms with Crippen molar-refractivity contribution in [2.24, 2.45) is 0 Å². The molecule has 0 radical (unpaired) electrons. The highest BCUT2D eigenvalue weighted by Gasteiger charge is 2.45. The van der Waals surface area contributed by atoms with Crippen LogP contribution in [0, 0.1) is 12.3 Å². The quantitative estimate of drug-likeness (QED) is 0.243. The lowest BCUT2D eigenvalue weighted by Crippen LogP contribution is -2.52. The fourth-order valence-corrected chi connectivity index (χ4v) is 6.56. The van der Waals surface area contributed by atoms with Gasteiger partial charge in [0.25, 0.3) is 0 Å². The minimum atomic E-state index is -2.00. The van der Waals surface area contributed by atoms with Gasteiger partial charge in [0.05, 0.1) is 12.2 Å². The van der Waals surface area contributed by atoms with E-state index in [1.165, 1.54) is 0 Å². The second-order valence-corrected chi connectivity index (χ2v) is 28.0. The van der Waals surface area contributed by atoms with Crippen LogP contribution < -0.4 is 0 Å². The highest BCUT2D eigenvalue weighted by Crippen LogP contribution is 2.42. The minimum absolute atomic E-state index is 0.0334. The second kappa shape index (κ2) is 10.1. The van der Waals surface area contributed by atoms with Crippen molar-refractivity contribution in [3.63, 3.8) is 0 Å². The van der Waals surface area contributed by atoms with Crippen molar-refractivity contribution in [2.45, 2.75) is 148 Å². The summed E-state index contributed by atoms with van der Waals surface area (Å²) in [5.74, 6) is 2.94. The Morgan fingerprint density at radius 2 is 0.968 bits per heavy atom. The van der Waals surface area contributed by atoms with E-state index in [9.17, 15) is 0 Å². The number of hydrogen-bond acceptors (Lipinski definition) is 3. The Hall–Kier alpha value is 0.0906. The molecule has 0 aromatic heterocycles. The summed E-state index contributed by atoms with van der Waals surface area (Å²) in [6, 6.07) is 0. The van der Waals surface area contributed by atoms with Crippen LogP contribution in [0.5, 0.6) is 0 Å². The summed E-state index contributed by atoms with van der Waals surface area (Å²) < 4.78 is 20.3. The zero-order chi connectivity index (χ0) is 25.3. The van der Waals surface area contributed by atoms with Crippen LogP contribution in [0.25, 0.3) is 0 Å². The molecule has 6 heteroatoms. The average Bonchev–Trinajstić information content (AvgIpc) is 2.49. The Balaban J connectivity index is 5.90. The van der Waals surface area contributed by atoms with Gasteiger partial charge in [0.1, 0.15) is 6.10 Å². The normalized spacial score (nSPS) is 17.8. The highest BCUT2D eigenvalue weighted by atomic mass is 28.4. The molecule has 31 heavy (non-hydrogen) atoms. The number of rotatable bonds is 9. The lowest BCUT2D eigenvalue weighted by molar-refractivity contribution is 0.0230. The van der Waals surface area contributed by atoms with Gasteiger partial charge in [0, 0.05) is 6.42 Å². The number of hydrogen-bond donors (Lipinski definition) is 0. The maximum Gasteiger partial charge on any atom is 0.193 e. The van der Waals surface area contributed by atoms with Crippen molar-refractivity contribution in [2.75, 3.05) is 0 Å². The van der Waals surface area contributed by atoms with Gasteiger partial charge in [-0.15, -0.1) is 6.42 Å². The van der Waals surface area contributed by atoms with E-state index >= 15 is 0 Å². The molecule has 0 aromatic rings. The van der Waals surface area contributed by atoms with Crippen molar-refractivity contribution in [3.8, 4) is 12.3 Å². The smallest absolute Gasteiger partial charge is 0.193 e. The fourth-order valence-electron chi connectivity index (χ4n) is 2.50. The van der Waals surface area contributed by atoms with Crippen LogP contribution in [0.4, 0.5) is 0 Å². The lowest BCUT2D eigenvalue weighted by Gasteiger charge is -2.45. The van der Waals surface area contributed by atoms with E-state index in [1.54, 1.807) is 0 Å². The Bertz CT molecular complexity index is 614. The highest BCUT2D eigenvalue weighted by molar-refractivity contribution is 6.75. The summed E-state index contributed by atoms with van der Waals surface area (Å²) in [4.78, 5) is 0. The van der Waals surface area contributed by atoms with Crippen molar-refractivity contribution in [1.29, 1.82) is 0 Å². The van der Waals surface area contributed by atoms with Gasteiger partial charge in [-0.1, -0.05) is 68.2 Å². The lowest BCUT2D eigenvalue weighted by atomic mass is 10.1. The van der Waals surface area contributed by atoms with Gasteiger partial charge in [-0.25, -0.2) is 0 Å². The van der Waals surface area contributed by atoms with Crippen molar-refractivity contribution in [1.82, 2.24) is 0 Å². The van der Waals surface area contributed by atoms with Crippen LogP contribution in [0.2, 0.25) is 54.4 Å². The Kier molecular flexibility index (Phi) is 10.2. The topological polar surface area (TPSA) is 27.7 Å². The molecule has 0 unspecified atom stereocenters. The van der Waals surface area contributed by atoms with E-state index in [4.69, 9.17) is 19.7 Å². The molecule has 3 nitrogen and oxygen atoms in total.